The third kappa shape index (κ3) is 4.91. The second-order valence-corrected chi connectivity index (χ2v) is 4.14. The topological polar surface area (TPSA) is 26.3 Å². The quantitative estimate of drug-likeness (QED) is 0.385. The summed E-state index contributed by atoms with van der Waals surface area (Å²) in [7, 11) is 0. The highest BCUT2D eigenvalue weighted by atomic mass is 32.1. The second-order valence-electron chi connectivity index (χ2n) is 3.19. The molecule has 0 aliphatic rings. The molecule has 0 amide bonds. The smallest absolute Gasteiger partial charge is 0.172 e. The summed E-state index contributed by atoms with van der Waals surface area (Å²) < 4.78 is 5.32. The van der Waals surface area contributed by atoms with Crippen LogP contribution in [0.5, 0.6) is 0 Å². The first-order chi connectivity index (χ1) is 7.34. The van der Waals surface area contributed by atoms with Gasteiger partial charge in [-0.05, 0) is 24.3 Å². The van der Waals surface area contributed by atoms with Gasteiger partial charge in [-0.2, -0.15) is 0 Å². The summed E-state index contributed by atoms with van der Waals surface area (Å²) in [5, 5.41) is 1.92. The molecule has 1 aromatic rings. The van der Waals surface area contributed by atoms with Crippen molar-refractivity contribution in [1.82, 2.24) is 0 Å². The Morgan fingerprint density at radius 3 is 3.07 bits per heavy atom. The number of Topliss-reactive ketones (excluding diaryl/α,β-unsaturated/α-hetero) is 1. The molecule has 1 aromatic heterocycles. The van der Waals surface area contributed by atoms with Gasteiger partial charge in [-0.3, -0.25) is 4.79 Å². The largest absolute Gasteiger partial charge is 0.381 e. The molecule has 0 unspecified atom stereocenters. The summed E-state index contributed by atoms with van der Waals surface area (Å²) in [5.74, 6) is 0.220. The SMILES string of the molecule is C=CCCOCCCC(=O)c1cccs1. The maximum absolute atomic E-state index is 11.5. The van der Waals surface area contributed by atoms with Gasteiger partial charge in [-0.15, -0.1) is 17.9 Å². The van der Waals surface area contributed by atoms with E-state index in [1.807, 2.05) is 23.6 Å². The van der Waals surface area contributed by atoms with Gasteiger partial charge in [0.05, 0.1) is 4.88 Å². The van der Waals surface area contributed by atoms with Crippen LogP contribution in [-0.4, -0.2) is 19.0 Å². The fourth-order valence-corrected chi connectivity index (χ4v) is 1.86. The van der Waals surface area contributed by atoms with E-state index in [0.717, 1.165) is 17.7 Å². The number of rotatable bonds is 8. The molecule has 0 atom stereocenters. The Balaban J connectivity index is 2.05. The minimum Gasteiger partial charge on any atom is -0.381 e. The summed E-state index contributed by atoms with van der Waals surface area (Å²) in [5.41, 5.74) is 0. The van der Waals surface area contributed by atoms with E-state index in [4.69, 9.17) is 4.74 Å². The van der Waals surface area contributed by atoms with Crippen LogP contribution in [0, 0.1) is 0 Å². The molecular weight excluding hydrogens is 208 g/mol. The van der Waals surface area contributed by atoms with E-state index in [2.05, 4.69) is 6.58 Å². The lowest BCUT2D eigenvalue weighted by Crippen LogP contribution is -2.01. The Bertz CT molecular complexity index is 291. The minimum absolute atomic E-state index is 0.220. The van der Waals surface area contributed by atoms with Crippen molar-refractivity contribution in [2.24, 2.45) is 0 Å². The average molecular weight is 224 g/mol. The lowest BCUT2D eigenvalue weighted by Gasteiger charge is -2.01. The van der Waals surface area contributed by atoms with Crippen LogP contribution in [0.3, 0.4) is 0 Å². The van der Waals surface area contributed by atoms with Crippen molar-refractivity contribution < 1.29 is 9.53 Å². The lowest BCUT2D eigenvalue weighted by molar-refractivity contribution is 0.0945. The minimum atomic E-state index is 0.220. The Labute approximate surface area is 94.6 Å². The maximum Gasteiger partial charge on any atom is 0.172 e. The van der Waals surface area contributed by atoms with Crippen LogP contribution in [0.1, 0.15) is 28.9 Å². The van der Waals surface area contributed by atoms with Crippen LogP contribution in [0.25, 0.3) is 0 Å². The van der Waals surface area contributed by atoms with Crippen molar-refractivity contribution in [3.63, 3.8) is 0 Å². The Morgan fingerprint density at radius 2 is 2.40 bits per heavy atom. The van der Waals surface area contributed by atoms with Crippen LogP contribution in [0.2, 0.25) is 0 Å². The van der Waals surface area contributed by atoms with Gasteiger partial charge >= 0.3 is 0 Å². The van der Waals surface area contributed by atoms with Crippen LogP contribution in [0.4, 0.5) is 0 Å². The van der Waals surface area contributed by atoms with Crippen molar-refractivity contribution in [1.29, 1.82) is 0 Å². The van der Waals surface area contributed by atoms with Crippen LogP contribution in [0.15, 0.2) is 30.2 Å². The molecule has 82 valence electrons. The Kier molecular flexibility index (Phi) is 5.97. The van der Waals surface area contributed by atoms with Crippen LogP contribution < -0.4 is 0 Å². The number of hydrogen-bond acceptors (Lipinski definition) is 3. The fourth-order valence-electron chi connectivity index (χ4n) is 1.16. The summed E-state index contributed by atoms with van der Waals surface area (Å²) in [4.78, 5) is 12.4. The molecule has 0 bridgehead atoms. The van der Waals surface area contributed by atoms with Crippen molar-refractivity contribution in [3.05, 3.63) is 35.0 Å². The first-order valence-electron chi connectivity index (χ1n) is 5.10. The van der Waals surface area contributed by atoms with Gasteiger partial charge in [0.25, 0.3) is 0 Å². The molecule has 3 heteroatoms. The van der Waals surface area contributed by atoms with E-state index in [1.54, 1.807) is 0 Å². The monoisotopic (exact) mass is 224 g/mol. The van der Waals surface area contributed by atoms with E-state index >= 15 is 0 Å². The molecule has 1 rings (SSSR count). The third-order valence-electron chi connectivity index (χ3n) is 1.95. The molecule has 0 spiro atoms. The standard InChI is InChI=1S/C12H16O2S/c1-2-3-8-14-9-4-6-11(13)12-7-5-10-15-12/h2,5,7,10H,1,3-4,6,8-9H2. The van der Waals surface area contributed by atoms with Crippen molar-refractivity contribution >= 4 is 17.1 Å². The summed E-state index contributed by atoms with van der Waals surface area (Å²) in [6, 6.07) is 3.77. The van der Waals surface area contributed by atoms with Gasteiger partial charge < -0.3 is 4.74 Å². The van der Waals surface area contributed by atoms with Gasteiger partial charge in [0.15, 0.2) is 5.78 Å². The number of carbonyl (C=O) groups is 1. The summed E-state index contributed by atoms with van der Waals surface area (Å²) >= 11 is 1.50. The fraction of sp³-hybridized carbons (Fsp3) is 0.417. The van der Waals surface area contributed by atoms with Crippen LogP contribution in [-0.2, 0) is 4.74 Å². The van der Waals surface area contributed by atoms with E-state index in [0.29, 0.717) is 19.6 Å². The number of thiophene rings is 1. The number of carbonyl (C=O) groups excluding carboxylic acids is 1. The van der Waals surface area contributed by atoms with E-state index < -0.39 is 0 Å². The third-order valence-corrected chi connectivity index (χ3v) is 2.87. The molecule has 2 nitrogen and oxygen atoms in total. The van der Waals surface area contributed by atoms with Gasteiger partial charge in [0.1, 0.15) is 0 Å². The maximum atomic E-state index is 11.5. The lowest BCUT2D eigenvalue weighted by atomic mass is 10.2. The van der Waals surface area contributed by atoms with Crippen molar-refractivity contribution in [3.8, 4) is 0 Å². The van der Waals surface area contributed by atoms with Gasteiger partial charge in [-0.25, -0.2) is 0 Å². The molecule has 0 N–H and O–H groups in total. The van der Waals surface area contributed by atoms with Crippen LogP contribution >= 0.6 is 11.3 Å². The molecular formula is C12H16O2S. The van der Waals surface area contributed by atoms with Gasteiger partial charge in [0, 0.05) is 19.6 Å². The number of ether oxygens (including phenoxy) is 1. The van der Waals surface area contributed by atoms with Crippen molar-refractivity contribution in [2.45, 2.75) is 19.3 Å². The van der Waals surface area contributed by atoms with E-state index in [-0.39, 0.29) is 5.78 Å². The predicted molar refractivity (Wildman–Crippen MR) is 63.5 cm³/mol. The molecule has 0 aliphatic heterocycles. The Morgan fingerprint density at radius 1 is 1.53 bits per heavy atom. The molecule has 0 aliphatic carbocycles. The molecule has 0 saturated heterocycles. The van der Waals surface area contributed by atoms with Gasteiger partial charge in [0.2, 0.25) is 0 Å². The number of hydrogen-bond donors (Lipinski definition) is 0. The second kappa shape index (κ2) is 7.37. The highest BCUT2D eigenvalue weighted by molar-refractivity contribution is 7.12. The van der Waals surface area contributed by atoms with E-state index in [1.165, 1.54) is 11.3 Å². The van der Waals surface area contributed by atoms with Gasteiger partial charge in [-0.1, -0.05) is 12.1 Å². The average Bonchev–Trinajstić information content (AvgIpc) is 2.76. The summed E-state index contributed by atoms with van der Waals surface area (Å²) in [6.07, 6.45) is 4.08. The first-order valence-corrected chi connectivity index (χ1v) is 5.98. The first kappa shape index (κ1) is 12.1. The van der Waals surface area contributed by atoms with Crippen molar-refractivity contribution in [2.75, 3.05) is 13.2 Å². The molecule has 0 fully saturated rings. The van der Waals surface area contributed by atoms with E-state index in [9.17, 15) is 4.79 Å². The molecule has 0 radical (unpaired) electrons. The molecule has 0 saturated carbocycles. The summed E-state index contributed by atoms with van der Waals surface area (Å²) in [6.45, 7) is 4.97. The normalized spacial score (nSPS) is 10.1. The Hall–Kier alpha value is -0.930. The molecule has 1 heterocycles. The number of ketones is 1. The highest BCUT2D eigenvalue weighted by Gasteiger charge is 2.05. The zero-order chi connectivity index (χ0) is 10.9. The zero-order valence-corrected chi connectivity index (χ0v) is 9.59. The zero-order valence-electron chi connectivity index (χ0n) is 8.78. The molecule has 0 aromatic carbocycles. The molecule has 15 heavy (non-hydrogen) atoms. The highest BCUT2D eigenvalue weighted by Crippen LogP contribution is 2.12. The predicted octanol–water partition coefficient (Wildman–Crippen LogP) is 3.30.